The second kappa shape index (κ2) is 6.07. The summed E-state index contributed by atoms with van der Waals surface area (Å²) in [5.41, 5.74) is 0.926. The summed E-state index contributed by atoms with van der Waals surface area (Å²) < 4.78 is 5.90. The normalized spacial score (nSPS) is 12.7. The van der Waals surface area contributed by atoms with Crippen LogP contribution >= 0.6 is 11.8 Å². The first-order chi connectivity index (χ1) is 9.86. The Hall–Kier alpha value is -1.85. The van der Waals surface area contributed by atoms with E-state index < -0.39 is 0 Å². The number of hydrogen-bond acceptors (Lipinski definition) is 5. The number of hydrogen-bond donors (Lipinski definition) is 1. The maximum Gasteiger partial charge on any atom is 0.134 e. The molecule has 3 aromatic rings. The lowest BCUT2D eigenvalue weighted by Gasteiger charge is -2.12. The summed E-state index contributed by atoms with van der Waals surface area (Å²) in [6.45, 7) is 0. The molecule has 1 atom stereocenters. The molecule has 0 amide bonds. The fourth-order valence-electron chi connectivity index (χ4n) is 2.01. The third-order valence-corrected chi connectivity index (χ3v) is 4.13. The van der Waals surface area contributed by atoms with Crippen LogP contribution in [0.3, 0.4) is 0 Å². The van der Waals surface area contributed by atoms with E-state index in [0.29, 0.717) is 0 Å². The molecule has 0 aliphatic rings. The van der Waals surface area contributed by atoms with Crippen LogP contribution in [0.1, 0.15) is 11.8 Å². The van der Waals surface area contributed by atoms with Crippen LogP contribution in [-0.4, -0.2) is 22.8 Å². The Morgan fingerprint density at radius 3 is 2.95 bits per heavy atom. The summed E-state index contributed by atoms with van der Waals surface area (Å²) in [5.74, 6) is 1.81. The zero-order chi connectivity index (χ0) is 13.8. The maximum absolute atomic E-state index is 5.90. The van der Waals surface area contributed by atoms with Gasteiger partial charge in [0.25, 0.3) is 0 Å². The van der Waals surface area contributed by atoms with Crippen molar-refractivity contribution in [2.45, 2.75) is 11.1 Å². The number of fused-ring (bicyclic) bond motifs is 1. The molecule has 0 aliphatic carbocycles. The lowest BCUT2D eigenvalue weighted by atomic mass is 10.2. The zero-order valence-corrected chi connectivity index (χ0v) is 11.9. The second-order valence-corrected chi connectivity index (χ2v) is 5.43. The summed E-state index contributed by atoms with van der Waals surface area (Å²) in [4.78, 5) is 8.14. The molecule has 0 bridgehead atoms. The average Bonchev–Trinajstić information content (AvgIpc) is 2.92. The first-order valence-corrected chi connectivity index (χ1v) is 7.40. The van der Waals surface area contributed by atoms with E-state index in [1.165, 1.54) is 0 Å². The topological polar surface area (TPSA) is 51.0 Å². The number of thioether (sulfide) groups is 1. The van der Waals surface area contributed by atoms with Crippen LogP contribution in [-0.2, 0) is 0 Å². The van der Waals surface area contributed by atoms with Crippen LogP contribution in [0.2, 0.25) is 0 Å². The fraction of sp³-hybridized carbons (Fsp3) is 0.200. The van der Waals surface area contributed by atoms with Crippen LogP contribution in [0, 0.1) is 0 Å². The maximum atomic E-state index is 5.90. The molecule has 2 aromatic heterocycles. The summed E-state index contributed by atoms with van der Waals surface area (Å²) >= 11 is 1.68. The van der Waals surface area contributed by atoms with Crippen LogP contribution < -0.4 is 5.32 Å². The van der Waals surface area contributed by atoms with Crippen molar-refractivity contribution in [3.63, 3.8) is 0 Å². The van der Waals surface area contributed by atoms with Crippen molar-refractivity contribution in [3.8, 4) is 0 Å². The highest BCUT2D eigenvalue weighted by Crippen LogP contribution is 2.27. The molecule has 0 saturated heterocycles. The largest absolute Gasteiger partial charge is 0.459 e. The smallest absolute Gasteiger partial charge is 0.134 e. The van der Waals surface area contributed by atoms with Crippen molar-refractivity contribution >= 4 is 22.7 Å². The van der Waals surface area contributed by atoms with Crippen molar-refractivity contribution in [3.05, 3.63) is 54.7 Å². The highest BCUT2D eigenvalue weighted by Gasteiger charge is 2.15. The Bertz CT molecular complexity index is 651. The zero-order valence-electron chi connectivity index (χ0n) is 11.1. The minimum atomic E-state index is 0.155. The summed E-state index contributed by atoms with van der Waals surface area (Å²) in [5, 5.41) is 5.39. The van der Waals surface area contributed by atoms with Gasteiger partial charge < -0.3 is 9.73 Å². The summed E-state index contributed by atoms with van der Waals surface area (Å²) in [6.07, 6.45) is 3.32. The Balaban J connectivity index is 1.75. The van der Waals surface area contributed by atoms with Gasteiger partial charge in [0.1, 0.15) is 17.7 Å². The highest BCUT2D eigenvalue weighted by atomic mass is 32.2. The van der Waals surface area contributed by atoms with Gasteiger partial charge in [-0.15, -0.1) is 11.8 Å². The molecule has 0 aliphatic heterocycles. The SMILES string of the molecule is CNC(CSc1ccncn1)c1cc2ccccc2o1. The molecule has 2 heterocycles. The van der Waals surface area contributed by atoms with E-state index in [1.807, 2.05) is 31.3 Å². The van der Waals surface area contributed by atoms with Crippen molar-refractivity contribution in [1.29, 1.82) is 0 Å². The van der Waals surface area contributed by atoms with Crippen molar-refractivity contribution in [2.24, 2.45) is 0 Å². The Labute approximate surface area is 121 Å². The number of rotatable bonds is 5. The second-order valence-electron chi connectivity index (χ2n) is 4.39. The molecule has 4 nitrogen and oxygen atoms in total. The third kappa shape index (κ3) is 2.84. The number of nitrogens with zero attached hydrogens (tertiary/aromatic N) is 2. The van der Waals surface area contributed by atoms with Crippen LogP contribution in [0.15, 0.2) is 58.4 Å². The number of para-hydroxylation sites is 1. The summed E-state index contributed by atoms with van der Waals surface area (Å²) in [7, 11) is 1.94. The quantitative estimate of drug-likeness (QED) is 0.576. The average molecular weight is 285 g/mol. The van der Waals surface area contributed by atoms with Crippen LogP contribution in [0.4, 0.5) is 0 Å². The van der Waals surface area contributed by atoms with E-state index in [1.54, 1.807) is 24.3 Å². The van der Waals surface area contributed by atoms with E-state index in [-0.39, 0.29) is 6.04 Å². The van der Waals surface area contributed by atoms with E-state index in [9.17, 15) is 0 Å². The molecule has 1 N–H and O–H groups in total. The number of benzene rings is 1. The van der Waals surface area contributed by atoms with Gasteiger partial charge in [0.15, 0.2) is 0 Å². The van der Waals surface area contributed by atoms with E-state index in [4.69, 9.17) is 4.42 Å². The van der Waals surface area contributed by atoms with Gasteiger partial charge in [-0.25, -0.2) is 9.97 Å². The van der Waals surface area contributed by atoms with Crippen molar-refractivity contribution < 1.29 is 4.42 Å². The monoisotopic (exact) mass is 285 g/mol. The van der Waals surface area contributed by atoms with Gasteiger partial charge in [0.05, 0.1) is 11.1 Å². The molecule has 3 rings (SSSR count). The molecule has 0 radical (unpaired) electrons. The minimum absolute atomic E-state index is 0.155. The molecular weight excluding hydrogens is 270 g/mol. The molecular formula is C15H15N3OS. The summed E-state index contributed by atoms with van der Waals surface area (Å²) in [6, 6.07) is 12.2. The number of aromatic nitrogens is 2. The lowest BCUT2D eigenvalue weighted by Crippen LogP contribution is -2.18. The minimum Gasteiger partial charge on any atom is -0.459 e. The Morgan fingerprint density at radius 1 is 1.30 bits per heavy atom. The molecule has 1 aromatic carbocycles. The Kier molecular flexibility index (Phi) is 3.99. The van der Waals surface area contributed by atoms with E-state index >= 15 is 0 Å². The molecule has 102 valence electrons. The number of furan rings is 1. The van der Waals surface area contributed by atoms with Gasteiger partial charge in [-0.1, -0.05) is 18.2 Å². The van der Waals surface area contributed by atoms with Gasteiger partial charge in [0, 0.05) is 17.3 Å². The van der Waals surface area contributed by atoms with E-state index in [0.717, 1.165) is 27.5 Å². The standard InChI is InChI=1S/C15H15N3OS/c1-16-12(9-20-15-6-7-17-10-18-15)14-8-11-4-2-3-5-13(11)19-14/h2-8,10,12,16H,9H2,1H3. The number of nitrogens with one attached hydrogen (secondary N) is 1. The molecule has 5 heteroatoms. The predicted molar refractivity (Wildman–Crippen MR) is 80.8 cm³/mol. The molecule has 20 heavy (non-hydrogen) atoms. The van der Waals surface area contributed by atoms with Crippen LogP contribution in [0.5, 0.6) is 0 Å². The molecule has 1 unspecified atom stereocenters. The lowest BCUT2D eigenvalue weighted by molar-refractivity contribution is 0.479. The third-order valence-electron chi connectivity index (χ3n) is 3.09. The van der Waals surface area contributed by atoms with Gasteiger partial charge >= 0.3 is 0 Å². The van der Waals surface area contributed by atoms with Gasteiger partial charge in [-0.2, -0.15) is 0 Å². The van der Waals surface area contributed by atoms with Crippen molar-refractivity contribution in [1.82, 2.24) is 15.3 Å². The highest BCUT2D eigenvalue weighted by molar-refractivity contribution is 7.99. The van der Waals surface area contributed by atoms with Gasteiger partial charge in [-0.3, -0.25) is 0 Å². The predicted octanol–water partition coefficient (Wildman–Crippen LogP) is 3.28. The first kappa shape index (κ1) is 13.1. The van der Waals surface area contributed by atoms with Crippen LogP contribution in [0.25, 0.3) is 11.0 Å². The molecule has 0 fully saturated rings. The van der Waals surface area contributed by atoms with E-state index in [2.05, 4.69) is 27.4 Å². The fourth-order valence-corrected chi connectivity index (χ4v) is 2.96. The van der Waals surface area contributed by atoms with Gasteiger partial charge in [-0.05, 0) is 25.2 Å². The molecule has 0 spiro atoms. The molecule has 0 saturated carbocycles. The Morgan fingerprint density at radius 2 is 2.20 bits per heavy atom. The van der Waals surface area contributed by atoms with Crippen molar-refractivity contribution in [2.75, 3.05) is 12.8 Å². The first-order valence-electron chi connectivity index (χ1n) is 6.41. The van der Waals surface area contributed by atoms with Gasteiger partial charge in [0.2, 0.25) is 0 Å².